The number of hydrogen-bond acceptors (Lipinski definition) is 5. The average Bonchev–Trinajstić information content (AvgIpc) is 2.95. The Kier molecular flexibility index (Phi) is 5.93. The highest BCUT2D eigenvalue weighted by Gasteiger charge is 2.11. The molecule has 5 nitrogen and oxygen atoms in total. The molecule has 0 saturated heterocycles. The first-order valence-electron chi connectivity index (χ1n) is 7.47. The van der Waals surface area contributed by atoms with Gasteiger partial charge in [0.1, 0.15) is 5.75 Å². The lowest BCUT2D eigenvalue weighted by atomic mass is 10.2. The summed E-state index contributed by atoms with van der Waals surface area (Å²) in [5, 5.41) is 7.23. The number of hydrogen-bond donors (Lipinski definition) is 2. The van der Waals surface area contributed by atoms with Gasteiger partial charge in [0, 0.05) is 5.02 Å². The van der Waals surface area contributed by atoms with E-state index >= 15 is 0 Å². The first kappa shape index (κ1) is 18.8. The van der Waals surface area contributed by atoms with Crippen LogP contribution in [0.4, 0.5) is 5.13 Å². The highest BCUT2D eigenvalue weighted by atomic mass is 35.5. The molecule has 0 unspecified atom stereocenters. The first-order valence-corrected chi connectivity index (χ1v) is 9.45. The van der Waals surface area contributed by atoms with Gasteiger partial charge in [0.05, 0.1) is 15.2 Å². The summed E-state index contributed by atoms with van der Waals surface area (Å²) < 4.78 is 6.34. The van der Waals surface area contributed by atoms with Crippen molar-refractivity contribution in [2.24, 2.45) is 0 Å². The van der Waals surface area contributed by atoms with E-state index in [-0.39, 0.29) is 11.7 Å². The number of aryl methyl sites for hydroxylation is 1. The molecule has 0 saturated carbocycles. The fraction of sp³-hybridized carbons (Fsp3) is 0.118. The number of nitrogens with zero attached hydrogens (tertiary/aromatic N) is 1. The van der Waals surface area contributed by atoms with Crippen LogP contribution in [0.5, 0.6) is 5.75 Å². The molecule has 0 bridgehead atoms. The second-order valence-electron chi connectivity index (χ2n) is 5.31. The molecule has 0 atom stereocenters. The number of aromatic nitrogens is 1. The Morgan fingerprint density at radius 3 is 2.81 bits per heavy atom. The van der Waals surface area contributed by atoms with Gasteiger partial charge in [0.2, 0.25) is 0 Å². The van der Waals surface area contributed by atoms with Crippen molar-refractivity contribution in [1.29, 1.82) is 0 Å². The lowest BCUT2D eigenvalue weighted by Gasteiger charge is -2.09. The molecule has 9 heteroatoms. The third kappa shape index (κ3) is 4.62. The van der Waals surface area contributed by atoms with E-state index in [9.17, 15) is 4.79 Å². The van der Waals surface area contributed by atoms with E-state index in [0.29, 0.717) is 20.9 Å². The van der Waals surface area contributed by atoms with Crippen molar-refractivity contribution in [2.45, 2.75) is 6.92 Å². The molecule has 134 valence electrons. The Balaban J connectivity index is 1.56. The molecular formula is C17H13Cl2N3O2S2. The monoisotopic (exact) mass is 425 g/mol. The number of halogens is 2. The van der Waals surface area contributed by atoms with Crippen molar-refractivity contribution in [3.8, 4) is 5.75 Å². The molecule has 26 heavy (non-hydrogen) atoms. The Bertz CT molecular complexity index is 952. The van der Waals surface area contributed by atoms with Gasteiger partial charge in [-0.25, -0.2) is 4.98 Å². The van der Waals surface area contributed by atoms with Gasteiger partial charge in [-0.3, -0.25) is 10.1 Å². The molecule has 0 radical (unpaired) electrons. The van der Waals surface area contributed by atoms with E-state index in [2.05, 4.69) is 15.6 Å². The van der Waals surface area contributed by atoms with E-state index in [1.165, 1.54) is 11.3 Å². The molecular weight excluding hydrogens is 413 g/mol. The minimum Gasteiger partial charge on any atom is -0.482 e. The van der Waals surface area contributed by atoms with Crippen molar-refractivity contribution in [3.05, 3.63) is 52.0 Å². The molecule has 0 aliphatic carbocycles. The second-order valence-corrected chi connectivity index (χ2v) is 7.56. The van der Waals surface area contributed by atoms with E-state index in [0.717, 1.165) is 15.8 Å². The highest BCUT2D eigenvalue weighted by Crippen LogP contribution is 2.30. The van der Waals surface area contributed by atoms with Crippen molar-refractivity contribution >= 4 is 73.1 Å². The number of benzene rings is 2. The van der Waals surface area contributed by atoms with Crippen LogP contribution in [0.25, 0.3) is 10.2 Å². The second kappa shape index (κ2) is 8.18. The van der Waals surface area contributed by atoms with Crippen LogP contribution in [0.3, 0.4) is 0 Å². The van der Waals surface area contributed by atoms with Crippen molar-refractivity contribution in [2.75, 3.05) is 11.9 Å². The number of anilines is 1. The van der Waals surface area contributed by atoms with Gasteiger partial charge in [-0.1, -0.05) is 46.7 Å². The summed E-state index contributed by atoms with van der Waals surface area (Å²) in [4.78, 5) is 16.4. The Labute approximate surface area is 169 Å². The minimum atomic E-state index is -0.401. The number of nitrogens with one attached hydrogen (secondary N) is 2. The van der Waals surface area contributed by atoms with Gasteiger partial charge in [-0.05, 0) is 49.0 Å². The maximum atomic E-state index is 11.9. The predicted octanol–water partition coefficient (Wildman–Crippen LogP) is 4.80. The molecule has 1 aromatic heterocycles. The molecule has 3 rings (SSSR count). The van der Waals surface area contributed by atoms with Gasteiger partial charge in [-0.2, -0.15) is 0 Å². The summed E-state index contributed by atoms with van der Waals surface area (Å²) >= 11 is 18.6. The smallest absolute Gasteiger partial charge is 0.264 e. The lowest BCUT2D eigenvalue weighted by Crippen LogP contribution is -2.37. The summed E-state index contributed by atoms with van der Waals surface area (Å²) in [6.45, 7) is 1.72. The number of rotatable bonds is 4. The average molecular weight is 426 g/mol. The summed E-state index contributed by atoms with van der Waals surface area (Å²) in [7, 11) is 0. The molecule has 0 fully saturated rings. The number of carbonyl (C=O) groups excluding carboxylic acids is 1. The molecule has 1 heterocycles. The Hall–Kier alpha value is -1.93. The summed E-state index contributed by atoms with van der Waals surface area (Å²) in [6, 6.07) is 10.7. The summed E-state index contributed by atoms with van der Waals surface area (Å²) in [5.74, 6) is 0.0315. The van der Waals surface area contributed by atoms with Crippen LogP contribution in [0, 0.1) is 6.92 Å². The van der Waals surface area contributed by atoms with Crippen molar-refractivity contribution in [1.82, 2.24) is 10.3 Å². The van der Waals surface area contributed by atoms with Gasteiger partial charge in [0.15, 0.2) is 16.9 Å². The van der Waals surface area contributed by atoms with Crippen LogP contribution in [-0.4, -0.2) is 22.6 Å². The third-order valence-electron chi connectivity index (χ3n) is 3.34. The van der Waals surface area contributed by atoms with E-state index in [4.69, 9.17) is 40.2 Å². The number of thiazole rings is 1. The number of carbonyl (C=O) groups is 1. The molecule has 1 amide bonds. The third-order valence-corrected chi connectivity index (χ3v) is 5.19. The standard InChI is InChI=1S/C17H13Cl2N3O2S2/c1-9-6-14-12(7-11(9)19)20-17(26-14)22-16(25)21-15(23)8-24-13-5-3-2-4-10(13)18/h2-7H,8H2,1H3,(H2,20,21,22,23,25). The number of fused-ring (bicyclic) bond motifs is 1. The van der Waals surface area contributed by atoms with Crippen LogP contribution >= 0.6 is 46.8 Å². The van der Waals surface area contributed by atoms with Gasteiger partial charge >= 0.3 is 0 Å². The number of ether oxygens (including phenoxy) is 1. The fourth-order valence-corrected chi connectivity index (χ4v) is 3.67. The zero-order valence-electron chi connectivity index (χ0n) is 13.5. The number of para-hydroxylation sites is 1. The lowest BCUT2D eigenvalue weighted by molar-refractivity contribution is -0.121. The maximum Gasteiger partial charge on any atom is 0.264 e. The molecule has 0 spiro atoms. The summed E-state index contributed by atoms with van der Waals surface area (Å²) in [6.07, 6.45) is 0. The predicted molar refractivity (Wildman–Crippen MR) is 111 cm³/mol. The van der Waals surface area contributed by atoms with Crippen LogP contribution < -0.4 is 15.4 Å². The van der Waals surface area contributed by atoms with E-state index in [1.807, 2.05) is 13.0 Å². The van der Waals surface area contributed by atoms with Gasteiger partial charge in [0.25, 0.3) is 5.91 Å². The van der Waals surface area contributed by atoms with Crippen molar-refractivity contribution in [3.63, 3.8) is 0 Å². The highest BCUT2D eigenvalue weighted by molar-refractivity contribution is 7.80. The van der Waals surface area contributed by atoms with Crippen molar-refractivity contribution < 1.29 is 9.53 Å². The fourth-order valence-electron chi connectivity index (χ4n) is 2.10. The first-order chi connectivity index (χ1) is 12.4. The quantitative estimate of drug-likeness (QED) is 0.587. The van der Waals surface area contributed by atoms with Crippen LogP contribution in [0.15, 0.2) is 36.4 Å². The van der Waals surface area contributed by atoms with Crippen LogP contribution in [0.1, 0.15) is 5.56 Å². The maximum absolute atomic E-state index is 11.9. The van der Waals surface area contributed by atoms with Crippen LogP contribution in [0.2, 0.25) is 10.0 Å². The SMILES string of the molecule is Cc1cc2sc(NC(=S)NC(=O)COc3ccccc3Cl)nc2cc1Cl. The molecule has 0 aliphatic heterocycles. The largest absolute Gasteiger partial charge is 0.482 e. The Morgan fingerprint density at radius 2 is 2.04 bits per heavy atom. The molecule has 2 N–H and O–H groups in total. The number of amides is 1. The molecule has 3 aromatic rings. The zero-order chi connectivity index (χ0) is 18.7. The normalized spacial score (nSPS) is 10.6. The molecule has 0 aliphatic rings. The van der Waals surface area contributed by atoms with E-state index < -0.39 is 5.91 Å². The van der Waals surface area contributed by atoms with Crippen LogP contribution in [-0.2, 0) is 4.79 Å². The van der Waals surface area contributed by atoms with Gasteiger partial charge in [-0.15, -0.1) is 0 Å². The van der Waals surface area contributed by atoms with E-state index in [1.54, 1.807) is 30.3 Å². The number of thiocarbonyl (C=S) groups is 1. The summed E-state index contributed by atoms with van der Waals surface area (Å²) in [5.41, 5.74) is 1.74. The minimum absolute atomic E-state index is 0.139. The molecule has 2 aromatic carbocycles. The Morgan fingerprint density at radius 1 is 1.27 bits per heavy atom. The zero-order valence-corrected chi connectivity index (χ0v) is 16.7. The van der Waals surface area contributed by atoms with Gasteiger partial charge < -0.3 is 10.1 Å². The topological polar surface area (TPSA) is 63.2 Å².